The number of carboxylic acids is 1. The maximum Gasteiger partial charge on any atom is 0.338 e. The second-order valence-corrected chi connectivity index (χ2v) is 10.3. The predicted molar refractivity (Wildman–Crippen MR) is 141 cm³/mol. The van der Waals surface area contributed by atoms with Crippen LogP contribution in [0.15, 0.2) is 73.3 Å². The molecule has 3 aromatic heterocycles. The zero-order valence-electron chi connectivity index (χ0n) is 20.2. The van der Waals surface area contributed by atoms with Crippen LogP contribution < -0.4 is 14.9 Å². The molecule has 1 aliphatic rings. The number of aromatic nitrogens is 1. The summed E-state index contributed by atoms with van der Waals surface area (Å²) in [5.74, 6) is -0.568. The van der Waals surface area contributed by atoms with Gasteiger partial charge in [-0.1, -0.05) is 29.5 Å². The number of rotatable bonds is 6. The molecule has 0 spiro atoms. The van der Waals surface area contributed by atoms with Crippen LogP contribution in [0.4, 0.5) is 0 Å². The van der Waals surface area contributed by atoms with Gasteiger partial charge in [0.1, 0.15) is 17.6 Å². The van der Waals surface area contributed by atoms with E-state index in [1.54, 1.807) is 57.2 Å². The minimum atomic E-state index is -1.01. The molecule has 0 radical (unpaired) electrons. The van der Waals surface area contributed by atoms with Crippen molar-refractivity contribution < 1.29 is 23.8 Å². The number of allylic oxidation sites excluding steroid dienone is 1. The van der Waals surface area contributed by atoms with Crippen LogP contribution in [0, 0.1) is 6.92 Å². The summed E-state index contributed by atoms with van der Waals surface area (Å²) >= 11 is 2.66. The zero-order chi connectivity index (χ0) is 26.3. The molecule has 0 bridgehead atoms. The van der Waals surface area contributed by atoms with Gasteiger partial charge in [0.2, 0.25) is 0 Å². The summed E-state index contributed by atoms with van der Waals surface area (Å²) < 4.78 is 13.2. The number of aromatic carboxylic acids is 1. The fourth-order valence-corrected chi connectivity index (χ4v) is 6.20. The van der Waals surface area contributed by atoms with E-state index in [0.29, 0.717) is 43.3 Å². The summed E-state index contributed by atoms with van der Waals surface area (Å²) in [7, 11) is 0. The molecule has 188 valence electrons. The number of thiazole rings is 1. The van der Waals surface area contributed by atoms with E-state index in [1.165, 1.54) is 27.2 Å². The van der Waals surface area contributed by atoms with Crippen LogP contribution in [-0.2, 0) is 9.53 Å². The highest BCUT2D eigenvalue weighted by molar-refractivity contribution is 7.10. The first-order valence-electron chi connectivity index (χ1n) is 11.5. The molecule has 0 fully saturated rings. The number of nitrogens with zero attached hydrogens (tertiary/aromatic N) is 2. The summed E-state index contributed by atoms with van der Waals surface area (Å²) in [4.78, 5) is 43.9. The van der Waals surface area contributed by atoms with Crippen LogP contribution in [0.5, 0.6) is 0 Å². The Morgan fingerprint density at radius 1 is 1.19 bits per heavy atom. The number of ether oxygens (including phenoxy) is 1. The monoisotopic (exact) mass is 534 g/mol. The van der Waals surface area contributed by atoms with Crippen molar-refractivity contribution in [1.82, 2.24) is 4.57 Å². The van der Waals surface area contributed by atoms with Crippen molar-refractivity contribution in [2.45, 2.75) is 26.8 Å². The summed E-state index contributed by atoms with van der Waals surface area (Å²) in [6, 6.07) is 11.6. The lowest BCUT2D eigenvalue weighted by Gasteiger charge is -2.23. The van der Waals surface area contributed by atoms with Gasteiger partial charge in [-0.25, -0.2) is 14.6 Å². The van der Waals surface area contributed by atoms with Gasteiger partial charge in [0, 0.05) is 16.5 Å². The third-order valence-corrected chi connectivity index (χ3v) is 7.97. The number of carbonyl (C=O) groups is 2. The van der Waals surface area contributed by atoms with E-state index in [1.807, 2.05) is 17.5 Å². The third kappa shape index (κ3) is 4.38. The van der Waals surface area contributed by atoms with Crippen molar-refractivity contribution in [3.63, 3.8) is 0 Å². The molecule has 1 aromatic carbocycles. The number of fused-ring (bicyclic) bond motifs is 1. The maximum absolute atomic E-state index is 13.6. The van der Waals surface area contributed by atoms with E-state index in [0.717, 1.165) is 4.88 Å². The number of hydrogen-bond acceptors (Lipinski definition) is 8. The topological polar surface area (TPSA) is 111 Å². The standard InChI is InChI=1S/C27H22N2O6S2/c1-4-34-26(33)22-15(3)28-27-29(23(22)20-9-6-12-36-20)24(30)21(37-27)13-16-10-11-19(35-16)17-7-5-8-18(14(17)2)25(31)32/h5-13,23H,4H2,1-3H3,(H,31,32)/b21-13-/t23-/m1/s1. The molecule has 1 atom stereocenters. The second kappa shape index (κ2) is 9.79. The molecule has 0 aliphatic carbocycles. The number of furan rings is 1. The van der Waals surface area contributed by atoms with Crippen molar-refractivity contribution in [2.24, 2.45) is 4.99 Å². The van der Waals surface area contributed by atoms with Crippen LogP contribution in [0.2, 0.25) is 0 Å². The Balaban J connectivity index is 1.61. The Morgan fingerprint density at radius 2 is 2.00 bits per heavy atom. The van der Waals surface area contributed by atoms with Gasteiger partial charge >= 0.3 is 11.9 Å². The van der Waals surface area contributed by atoms with E-state index in [4.69, 9.17) is 9.15 Å². The van der Waals surface area contributed by atoms with Gasteiger partial charge in [0.15, 0.2) is 4.80 Å². The van der Waals surface area contributed by atoms with Gasteiger partial charge in [0.25, 0.3) is 5.56 Å². The average Bonchev–Trinajstić information content (AvgIpc) is 3.60. The summed E-state index contributed by atoms with van der Waals surface area (Å²) in [6.45, 7) is 5.43. The quantitative estimate of drug-likeness (QED) is 0.373. The number of benzene rings is 1. The minimum Gasteiger partial charge on any atom is -0.478 e. The fourth-order valence-electron chi connectivity index (χ4n) is 4.35. The van der Waals surface area contributed by atoms with Crippen LogP contribution >= 0.6 is 22.7 Å². The van der Waals surface area contributed by atoms with Crippen molar-refractivity contribution in [2.75, 3.05) is 6.61 Å². The van der Waals surface area contributed by atoms with Gasteiger partial charge in [-0.05, 0) is 56.0 Å². The van der Waals surface area contributed by atoms with E-state index >= 15 is 0 Å². The fraction of sp³-hybridized carbons (Fsp3) is 0.185. The smallest absolute Gasteiger partial charge is 0.338 e. The first kappa shape index (κ1) is 24.7. The number of thiophene rings is 1. The van der Waals surface area contributed by atoms with E-state index in [9.17, 15) is 19.5 Å². The lowest BCUT2D eigenvalue weighted by atomic mass is 10.0. The Hall–Kier alpha value is -4.02. The molecule has 4 heterocycles. The number of carboxylic acid groups (broad SMARTS) is 1. The Labute approximate surface area is 219 Å². The first-order chi connectivity index (χ1) is 17.8. The number of carbonyl (C=O) groups excluding carboxylic acids is 1. The van der Waals surface area contributed by atoms with Crippen LogP contribution in [0.3, 0.4) is 0 Å². The molecule has 1 N–H and O–H groups in total. The van der Waals surface area contributed by atoms with Crippen molar-refractivity contribution in [3.05, 3.63) is 101 Å². The van der Waals surface area contributed by atoms with E-state index in [-0.39, 0.29) is 17.7 Å². The lowest BCUT2D eigenvalue weighted by molar-refractivity contribution is -0.139. The molecule has 37 heavy (non-hydrogen) atoms. The Morgan fingerprint density at radius 3 is 2.70 bits per heavy atom. The molecular weight excluding hydrogens is 512 g/mol. The maximum atomic E-state index is 13.6. The molecule has 10 heteroatoms. The largest absolute Gasteiger partial charge is 0.478 e. The Kier molecular flexibility index (Phi) is 6.53. The average molecular weight is 535 g/mol. The SMILES string of the molecule is CCOC(=O)C1=C(C)N=c2s/c(=C\c3ccc(-c4cccc(C(=O)O)c4C)o3)c(=O)n2[C@@H]1c1cccs1. The lowest BCUT2D eigenvalue weighted by Crippen LogP contribution is -2.39. The molecule has 8 nitrogen and oxygen atoms in total. The highest BCUT2D eigenvalue weighted by Gasteiger charge is 2.33. The molecular formula is C27H22N2O6S2. The number of esters is 1. The highest BCUT2D eigenvalue weighted by Crippen LogP contribution is 2.33. The van der Waals surface area contributed by atoms with E-state index in [2.05, 4.69) is 4.99 Å². The minimum absolute atomic E-state index is 0.199. The van der Waals surface area contributed by atoms with Crippen molar-refractivity contribution in [3.8, 4) is 11.3 Å². The molecule has 0 saturated heterocycles. The predicted octanol–water partition coefficient (Wildman–Crippen LogP) is 4.13. The van der Waals surface area contributed by atoms with Crippen LogP contribution in [0.25, 0.3) is 17.4 Å². The second-order valence-electron chi connectivity index (χ2n) is 8.30. The summed E-state index contributed by atoms with van der Waals surface area (Å²) in [6.07, 6.45) is 1.64. The van der Waals surface area contributed by atoms with Crippen molar-refractivity contribution >= 4 is 40.7 Å². The molecule has 0 amide bonds. The summed E-state index contributed by atoms with van der Waals surface area (Å²) in [5.41, 5.74) is 2.02. The van der Waals surface area contributed by atoms with Gasteiger partial charge in [0.05, 0.1) is 28.0 Å². The summed E-state index contributed by atoms with van der Waals surface area (Å²) in [5, 5.41) is 11.3. The molecule has 5 rings (SSSR count). The van der Waals surface area contributed by atoms with Crippen molar-refractivity contribution in [1.29, 1.82) is 0 Å². The zero-order valence-corrected chi connectivity index (χ0v) is 21.8. The molecule has 0 saturated carbocycles. The third-order valence-electron chi connectivity index (χ3n) is 6.06. The van der Waals surface area contributed by atoms with Gasteiger partial charge in [-0.3, -0.25) is 9.36 Å². The van der Waals surface area contributed by atoms with Gasteiger partial charge in [-0.2, -0.15) is 0 Å². The highest BCUT2D eigenvalue weighted by atomic mass is 32.1. The molecule has 0 unspecified atom stereocenters. The van der Waals surface area contributed by atoms with Gasteiger partial charge in [-0.15, -0.1) is 11.3 Å². The van der Waals surface area contributed by atoms with E-state index < -0.39 is 18.0 Å². The molecule has 4 aromatic rings. The van der Waals surface area contributed by atoms with Crippen LogP contribution in [-0.4, -0.2) is 28.2 Å². The normalized spacial score (nSPS) is 15.4. The Bertz CT molecular complexity index is 1740. The molecule has 1 aliphatic heterocycles. The number of hydrogen-bond donors (Lipinski definition) is 1. The van der Waals surface area contributed by atoms with Gasteiger partial charge < -0.3 is 14.3 Å². The van der Waals surface area contributed by atoms with Crippen LogP contribution in [0.1, 0.15) is 46.4 Å². The first-order valence-corrected chi connectivity index (χ1v) is 13.2.